The van der Waals surface area contributed by atoms with Gasteiger partial charge < -0.3 is 10.3 Å². The van der Waals surface area contributed by atoms with Crippen LogP contribution in [0.1, 0.15) is 0 Å². The van der Waals surface area contributed by atoms with Gasteiger partial charge in [0.15, 0.2) is 5.82 Å². The van der Waals surface area contributed by atoms with Gasteiger partial charge in [-0.3, -0.25) is 5.10 Å². The van der Waals surface area contributed by atoms with Crippen molar-refractivity contribution in [3.05, 3.63) is 30.1 Å². The lowest BCUT2D eigenvalue weighted by Crippen LogP contribution is -1.92. The van der Waals surface area contributed by atoms with E-state index in [0.717, 1.165) is 5.52 Å². The molecule has 5 nitrogen and oxygen atoms in total. The summed E-state index contributed by atoms with van der Waals surface area (Å²) in [6.45, 7) is 0. The molecule has 0 unspecified atom stereocenters. The number of anilines is 1. The zero-order chi connectivity index (χ0) is 12.0. The molecule has 0 fully saturated rings. The van der Waals surface area contributed by atoms with Gasteiger partial charge in [0.2, 0.25) is 0 Å². The molecule has 0 bridgehead atoms. The minimum atomic E-state index is -0.300. The number of halogens is 1. The van der Waals surface area contributed by atoms with Crippen LogP contribution in [0.15, 0.2) is 24.3 Å². The van der Waals surface area contributed by atoms with Gasteiger partial charge in [-0.25, -0.2) is 9.37 Å². The lowest BCUT2D eigenvalue weighted by molar-refractivity contribution is 0.629. The summed E-state index contributed by atoms with van der Waals surface area (Å²) in [5.74, 6) is 0.777. The average molecular weight is 231 g/mol. The van der Waals surface area contributed by atoms with E-state index in [9.17, 15) is 4.39 Å². The molecule has 3 rings (SSSR count). The molecule has 0 radical (unpaired) electrons. The molecule has 3 aromatic rings. The van der Waals surface area contributed by atoms with Gasteiger partial charge in [0, 0.05) is 19.2 Å². The third-order valence-corrected chi connectivity index (χ3v) is 2.68. The zero-order valence-corrected chi connectivity index (χ0v) is 9.11. The number of nitrogens with one attached hydrogen (secondary N) is 1. The van der Waals surface area contributed by atoms with E-state index in [-0.39, 0.29) is 5.82 Å². The van der Waals surface area contributed by atoms with E-state index in [1.54, 1.807) is 12.1 Å². The van der Waals surface area contributed by atoms with E-state index < -0.39 is 0 Å². The highest BCUT2D eigenvalue weighted by molar-refractivity contribution is 5.80. The fraction of sp³-hybridized carbons (Fsp3) is 0.0909. The number of fused-ring (bicyclic) bond motifs is 1. The highest BCUT2D eigenvalue weighted by Crippen LogP contribution is 2.23. The minimum Gasteiger partial charge on any atom is -0.382 e. The van der Waals surface area contributed by atoms with Gasteiger partial charge in [-0.05, 0) is 12.1 Å². The van der Waals surface area contributed by atoms with Crippen LogP contribution in [0, 0.1) is 5.82 Å². The summed E-state index contributed by atoms with van der Waals surface area (Å²) in [5.41, 5.74) is 7.72. The Balaban J connectivity index is 2.27. The Morgan fingerprint density at radius 1 is 1.35 bits per heavy atom. The monoisotopic (exact) mass is 231 g/mol. The molecule has 86 valence electrons. The lowest BCUT2D eigenvalue weighted by atomic mass is 10.3. The quantitative estimate of drug-likeness (QED) is 0.669. The third-order valence-electron chi connectivity index (χ3n) is 2.68. The fourth-order valence-corrected chi connectivity index (χ4v) is 1.87. The van der Waals surface area contributed by atoms with Gasteiger partial charge in [-0.2, -0.15) is 5.10 Å². The Kier molecular flexibility index (Phi) is 1.91. The van der Waals surface area contributed by atoms with Gasteiger partial charge in [-0.1, -0.05) is 0 Å². The molecule has 2 heterocycles. The molecular weight excluding hydrogens is 221 g/mol. The normalized spacial score (nSPS) is 11.2. The van der Waals surface area contributed by atoms with E-state index in [1.165, 1.54) is 12.1 Å². The standard InChI is InChI=1S/C11H10FN5/c1-17-9-3-2-6(12)4-7(9)14-11(17)8-5-10(13)16-15-8/h2-5H,1H3,(H3,13,15,16). The van der Waals surface area contributed by atoms with Crippen LogP contribution in [0.4, 0.5) is 10.2 Å². The van der Waals surface area contributed by atoms with Crippen molar-refractivity contribution in [2.24, 2.45) is 7.05 Å². The lowest BCUT2D eigenvalue weighted by Gasteiger charge is -1.98. The van der Waals surface area contributed by atoms with Crippen LogP contribution in [-0.2, 0) is 7.05 Å². The van der Waals surface area contributed by atoms with Crippen molar-refractivity contribution in [1.82, 2.24) is 19.7 Å². The number of aromatic amines is 1. The first-order valence-electron chi connectivity index (χ1n) is 5.08. The smallest absolute Gasteiger partial charge is 0.159 e. The predicted octanol–water partition coefficient (Wildman–Crippen LogP) is 1.68. The maximum atomic E-state index is 13.1. The molecule has 6 heteroatoms. The Morgan fingerprint density at radius 2 is 2.18 bits per heavy atom. The van der Waals surface area contributed by atoms with Gasteiger partial charge in [0.1, 0.15) is 17.3 Å². The van der Waals surface area contributed by atoms with E-state index in [0.29, 0.717) is 22.9 Å². The SMILES string of the molecule is Cn1c(-c2cc(N)n[nH]2)nc2cc(F)ccc21. The van der Waals surface area contributed by atoms with E-state index in [2.05, 4.69) is 15.2 Å². The number of imidazole rings is 1. The number of hydrogen-bond donors (Lipinski definition) is 2. The second-order valence-corrected chi connectivity index (χ2v) is 3.83. The maximum absolute atomic E-state index is 13.1. The van der Waals surface area contributed by atoms with Crippen molar-refractivity contribution in [2.45, 2.75) is 0 Å². The van der Waals surface area contributed by atoms with Crippen molar-refractivity contribution < 1.29 is 4.39 Å². The number of nitrogen functional groups attached to an aromatic ring is 1. The summed E-state index contributed by atoms with van der Waals surface area (Å²) in [7, 11) is 1.86. The van der Waals surface area contributed by atoms with Gasteiger partial charge in [0.05, 0.1) is 11.0 Å². The molecule has 0 spiro atoms. The average Bonchev–Trinajstić information content (AvgIpc) is 2.83. The number of benzene rings is 1. The number of hydrogen-bond acceptors (Lipinski definition) is 3. The first-order chi connectivity index (χ1) is 8.15. The summed E-state index contributed by atoms with van der Waals surface area (Å²) < 4.78 is 15.0. The van der Waals surface area contributed by atoms with Crippen LogP contribution in [0.25, 0.3) is 22.6 Å². The summed E-state index contributed by atoms with van der Waals surface area (Å²) in [6, 6.07) is 6.20. The third kappa shape index (κ3) is 1.45. The Hall–Kier alpha value is -2.37. The fourth-order valence-electron chi connectivity index (χ4n) is 1.87. The predicted molar refractivity (Wildman–Crippen MR) is 62.7 cm³/mol. The Bertz CT molecular complexity index is 697. The number of nitrogens with two attached hydrogens (primary N) is 1. The van der Waals surface area contributed by atoms with Crippen LogP contribution < -0.4 is 5.73 Å². The summed E-state index contributed by atoms with van der Waals surface area (Å²) in [6.07, 6.45) is 0. The van der Waals surface area contributed by atoms with Crippen molar-refractivity contribution in [2.75, 3.05) is 5.73 Å². The Morgan fingerprint density at radius 3 is 2.88 bits per heavy atom. The number of nitrogens with zero attached hydrogens (tertiary/aromatic N) is 3. The first-order valence-corrected chi connectivity index (χ1v) is 5.08. The Labute approximate surface area is 96.1 Å². The molecule has 1 aromatic carbocycles. The maximum Gasteiger partial charge on any atom is 0.159 e. The molecule has 3 N–H and O–H groups in total. The molecule has 0 aliphatic carbocycles. The van der Waals surface area contributed by atoms with Crippen LogP contribution in [0.3, 0.4) is 0 Å². The molecule has 0 atom stereocenters. The molecular formula is C11H10FN5. The zero-order valence-electron chi connectivity index (χ0n) is 9.11. The summed E-state index contributed by atoms with van der Waals surface area (Å²) in [4.78, 5) is 4.35. The highest BCUT2D eigenvalue weighted by Gasteiger charge is 2.12. The first kappa shape index (κ1) is 9.83. The van der Waals surface area contributed by atoms with Crippen molar-refractivity contribution in [3.63, 3.8) is 0 Å². The second-order valence-electron chi connectivity index (χ2n) is 3.83. The molecule has 0 aliphatic rings. The number of rotatable bonds is 1. The molecule has 0 saturated heterocycles. The van der Waals surface area contributed by atoms with E-state index in [1.807, 2.05) is 11.6 Å². The van der Waals surface area contributed by atoms with E-state index in [4.69, 9.17) is 5.73 Å². The number of aryl methyl sites for hydroxylation is 1. The number of H-pyrrole nitrogens is 1. The molecule has 0 amide bonds. The van der Waals surface area contributed by atoms with Crippen LogP contribution >= 0.6 is 0 Å². The minimum absolute atomic E-state index is 0.300. The molecule has 2 aromatic heterocycles. The number of aromatic nitrogens is 4. The molecule has 17 heavy (non-hydrogen) atoms. The van der Waals surface area contributed by atoms with Crippen LogP contribution in [0.2, 0.25) is 0 Å². The van der Waals surface area contributed by atoms with Crippen LogP contribution in [0.5, 0.6) is 0 Å². The van der Waals surface area contributed by atoms with Crippen LogP contribution in [-0.4, -0.2) is 19.7 Å². The largest absolute Gasteiger partial charge is 0.382 e. The summed E-state index contributed by atoms with van der Waals surface area (Å²) >= 11 is 0. The van der Waals surface area contributed by atoms with Crippen molar-refractivity contribution in [3.8, 4) is 11.5 Å². The van der Waals surface area contributed by atoms with Gasteiger partial charge in [-0.15, -0.1) is 0 Å². The topological polar surface area (TPSA) is 72.5 Å². The van der Waals surface area contributed by atoms with Crippen molar-refractivity contribution in [1.29, 1.82) is 0 Å². The second kappa shape index (κ2) is 3.31. The highest BCUT2D eigenvalue weighted by atomic mass is 19.1. The summed E-state index contributed by atoms with van der Waals surface area (Å²) in [5, 5.41) is 6.63. The van der Waals surface area contributed by atoms with Crippen molar-refractivity contribution >= 4 is 16.9 Å². The van der Waals surface area contributed by atoms with Gasteiger partial charge in [0.25, 0.3) is 0 Å². The molecule has 0 aliphatic heterocycles. The van der Waals surface area contributed by atoms with Gasteiger partial charge >= 0.3 is 0 Å². The molecule has 0 saturated carbocycles. The van der Waals surface area contributed by atoms with E-state index >= 15 is 0 Å².